The quantitative estimate of drug-likeness (QED) is 0.0294. The molecule has 6 heterocycles. The van der Waals surface area contributed by atoms with E-state index in [-0.39, 0.29) is 43.0 Å². The number of ketones is 1. The van der Waals surface area contributed by atoms with E-state index in [0.29, 0.717) is 81.8 Å². The number of anilines is 1. The van der Waals surface area contributed by atoms with Gasteiger partial charge in [-0.05, 0) is 74.2 Å². The van der Waals surface area contributed by atoms with Crippen LogP contribution in [0.2, 0.25) is 0 Å². The van der Waals surface area contributed by atoms with Crippen molar-refractivity contribution in [3.8, 4) is 5.75 Å². The molecule has 3 aromatic rings. The summed E-state index contributed by atoms with van der Waals surface area (Å²) in [7, 11) is 6.71. The van der Waals surface area contributed by atoms with E-state index in [1.165, 1.54) is 10.8 Å². The van der Waals surface area contributed by atoms with Crippen LogP contribution in [0.5, 0.6) is 5.75 Å². The molecule has 1 spiro atoms. The van der Waals surface area contributed by atoms with Crippen molar-refractivity contribution >= 4 is 56.5 Å². The number of nitrogens with one attached hydrogen (secondary N) is 3. The molecule has 6 N–H and O–H groups in total. The minimum absolute atomic E-state index is 0.0190. The van der Waals surface area contributed by atoms with E-state index in [1.54, 1.807) is 17.9 Å². The van der Waals surface area contributed by atoms with Crippen molar-refractivity contribution in [1.29, 1.82) is 0 Å². The Morgan fingerprint density at radius 3 is 2.55 bits per heavy atom. The van der Waals surface area contributed by atoms with Gasteiger partial charge in [-0.3, -0.25) is 24.2 Å². The molecule has 5 aliphatic heterocycles. The lowest BCUT2D eigenvalue weighted by molar-refractivity contribution is -0.228. The monoisotopic (exact) mass is 1020 g/mol. The number of ether oxygens (including phenoxy) is 3. The lowest BCUT2D eigenvalue weighted by Gasteiger charge is -2.64. The average molecular weight is 1020 g/mol. The molecule has 1 saturated carbocycles. The van der Waals surface area contributed by atoms with E-state index in [4.69, 9.17) is 19.0 Å². The number of aromatic amines is 1. The fourth-order valence-corrected chi connectivity index (χ4v) is 16.0. The second-order valence-corrected chi connectivity index (χ2v) is 24.8. The van der Waals surface area contributed by atoms with Crippen LogP contribution in [0, 0.1) is 16.7 Å². The maximum Gasteiger partial charge on any atom is 0.423 e. The van der Waals surface area contributed by atoms with Gasteiger partial charge in [-0.1, -0.05) is 86.6 Å². The highest BCUT2D eigenvalue weighted by atomic mass is 33.1. The summed E-state index contributed by atoms with van der Waals surface area (Å²) in [6.45, 7) is 13.7. The predicted molar refractivity (Wildman–Crippen MR) is 276 cm³/mol. The van der Waals surface area contributed by atoms with E-state index >= 15 is 0 Å². The minimum atomic E-state index is -1.90. The Morgan fingerprint density at radius 1 is 1.01 bits per heavy atom. The molecule has 6 aliphatic rings. The summed E-state index contributed by atoms with van der Waals surface area (Å²) < 4.78 is 17.9. The molecule has 2 bridgehead atoms. The van der Waals surface area contributed by atoms with Gasteiger partial charge in [0, 0.05) is 107 Å². The summed E-state index contributed by atoms with van der Waals surface area (Å²) in [5.41, 5.74) is 4.97. The van der Waals surface area contributed by atoms with Crippen molar-refractivity contribution in [2.45, 2.75) is 120 Å². The standard InChI is InChI=1S/C53H74N6O10S2/c1-8-49(64)27-34-28-51(31-67-33-60,43-36(15-20-58(29-34)30-49)35-13-10-11-14-39(35)54-43)38-25-37-40(26-41(38)66-7)57(6)45-52(37)18-21-59-19-12-17-50(9-2,44(52)59)46(62)53(45,65)32-69-56-55-47(63)68-22-24-71-70-23-16-42(61)48(3,4)5/h10-14,17,25-26,33-34,44-46,54,56,62,64-65H,8-9,15-16,18-24,27-32H2,1-7H3,(H,55,63)/t34-,44+,45-,46-,49+,50-,51+,52-,53+/m1/s1. The molecule has 1 aliphatic carbocycles. The number of aliphatic hydroxyl groups is 3. The van der Waals surface area contributed by atoms with Crippen LogP contribution in [0.1, 0.15) is 95.5 Å². The van der Waals surface area contributed by atoms with E-state index in [0.717, 1.165) is 58.6 Å². The fraction of sp³-hybridized carbons (Fsp3) is 0.642. The summed E-state index contributed by atoms with van der Waals surface area (Å²) >= 11 is 0. The molecule has 10 atom stereocenters. The van der Waals surface area contributed by atoms with Gasteiger partial charge in [0.15, 0.2) is 0 Å². The maximum atomic E-state index is 13.5. The molecule has 71 heavy (non-hydrogen) atoms. The molecule has 0 radical (unpaired) electrons. The Kier molecular flexibility index (Phi) is 14.7. The van der Waals surface area contributed by atoms with Crippen LogP contribution >= 0.6 is 21.6 Å². The number of hydrogen-bond acceptors (Lipinski definition) is 16. The van der Waals surface area contributed by atoms with Crippen molar-refractivity contribution < 1.29 is 48.8 Å². The van der Waals surface area contributed by atoms with Gasteiger partial charge < -0.3 is 39.4 Å². The summed E-state index contributed by atoms with van der Waals surface area (Å²) in [6, 6.07) is 11.7. The number of nitrogens with zero attached hydrogens (tertiary/aromatic N) is 3. The average Bonchev–Trinajstić information content (AvgIpc) is 4.02. The number of fused-ring (bicyclic) bond motifs is 6. The van der Waals surface area contributed by atoms with Gasteiger partial charge in [-0.25, -0.2) is 10.2 Å². The third-order valence-corrected chi connectivity index (χ3v) is 19.6. The van der Waals surface area contributed by atoms with Crippen molar-refractivity contribution in [1.82, 2.24) is 25.8 Å². The smallest absolute Gasteiger partial charge is 0.423 e. The maximum absolute atomic E-state index is 13.5. The molecule has 18 heteroatoms. The molecular weight excluding hydrogens is 945 g/mol. The predicted octanol–water partition coefficient (Wildman–Crippen LogP) is 5.80. The zero-order chi connectivity index (χ0) is 50.6. The van der Waals surface area contributed by atoms with Crippen molar-refractivity contribution in [2.75, 3.05) is 83.1 Å². The second-order valence-electron chi connectivity index (χ2n) is 22.1. The molecule has 1 amide bonds. The zero-order valence-electron chi connectivity index (χ0n) is 42.4. The number of likely N-dealkylation sites (N-methyl/N-ethyl adjacent to an activating group) is 1. The first-order chi connectivity index (χ1) is 33.9. The van der Waals surface area contributed by atoms with Gasteiger partial charge in [0.25, 0.3) is 6.47 Å². The first-order valence-corrected chi connectivity index (χ1v) is 27.9. The number of hydrazine groups is 1. The van der Waals surface area contributed by atoms with Gasteiger partial charge in [-0.15, -0.1) is 5.59 Å². The molecule has 3 fully saturated rings. The Bertz CT molecular complexity index is 2500. The SMILES string of the molecule is CC[C@]1(O)C[C@H]2CN(CCc3c([nH]c4ccccc34)[C@@](COC=O)(c3cc4c(cc3OC)N(C)[C@H]3[C@@](O)(CONNC(=O)OCCSSCCC(=O)C(C)(C)C)[C@H](O)[C@]5(CC)C=CCN6CC[C@]43[C@@H]65)C2)C1. The summed E-state index contributed by atoms with van der Waals surface area (Å²) in [5, 5.41) is 39.5. The van der Waals surface area contributed by atoms with E-state index < -0.39 is 45.7 Å². The Hall–Kier alpha value is -3.85. The van der Waals surface area contributed by atoms with Crippen molar-refractivity contribution in [3.05, 3.63) is 70.9 Å². The summed E-state index contributed by atoms with van der Waals surface area (Å²) in [6.07, 6.45) is 6.30. The lowest BCUT2D eigenvalue weighted by atomic mass is 9.48. The molecule has 2 saturated heterocycles. The normalized spacial score (nSPS) is 33.0. The molecular formula is C53H74N6O10S2. The molecule has 388 valence electrons. The van der Waals surface area contributed by atoms with E-state index in [9.17, 15) is 29.7 Å². The molecule has 16 nitrogen and oxygen atoms in total. The van der Waals surface area contributed by atoms with Crippen molar-refractivity contribution in [3.63, 3.8) is 0 Å². The first kappa shape index (κ1) is 52.0. The zero-order valence-corrected chi connectivity index (χ0v) is 44.0. The molecule has 1 unspecified atom stereocenters. The number of carbonyl (C=O) groups is 3. The van der Waals surface area contributed by atoms with Gasteiger partial charge >= 0.3 is 6.09 Å². The van der Waals surface area contributed by atoms with Crippen LogP contribution < -0.4 is 20.7 Å². The number of aliphatic hydroxyl groups excluding tert-OH is 1. The number of amides is 1. The molecule has 9 rings (SSSR count). The number of para-hydroxylation sites is 1. The molecule has 2 aromatic carbocycles. The Morgan fingerprint density at radius 2 is 1.80 bits per heavy atom. The highest BCUT2D eigenvalue weighted by molar-refractivity contribution is 8.76. The van der Waals surface area contributed by atoms with Crippen LogP contribution in [-0.2, 0) is 41.2 Å². The summed E-state index contributed by atoms with van der Waals surface area (Å²) in [4.78, 5) is 54.3. The largest absolute Gasteiger partial charge is 0.496 e. The van der Waals surface area contributed by atoms with E-state index in [1.807, 2.05) is 33.9 Å². The highest BCUT2D eigenvalue weighted by Gasteiger charge is 2.77. The number of aromatic nitrogens is 1. The number of benzene rings is 2. The van der Waals surface area contributed by atoms with Crippen LogP contribution in [0.25, 0.3) is 10.9 Å². The number of H-pyrrole nitrogens is 1. The van der Waals surface area contributed by atoms with Gasteiger partial charge in [0.2, 0.25) is 0 Å². The number of carbonyl (C=O) groups excluding carboxylic acids is 3. The van der Waals surface area contributed by atoms with Crippen molar-refractivity contribution in [2.24, 2.45) is 16.7 Å². The van der Waals surface area contributed by atoms with Crippen LogP contribution in [0.3, 0.4) is 0 Å². The van der Waals surface area contributed by atoms with Crippen LogP contribution in [-0.4, -0.2) is 156 Å². The number of piperidine rings is 1. The van der Waals surface area contributed by atoms with Crippen LogP contribution in [0.4, 0.5) is 10.5 Å². The Balaban J connectivity index is 1.07. The van der Waals surface area contributed by atoms with E-state index in [2.05, 4.69) is 87.0 Å². The number of methoxy groups -OCH3 is 1. The first-order valence-electron chi connectivity index (χ1n) is 25.4. The van der Waals surface area contributed by atoms with Gasteiger partial charge in [-0.2, -0.15) is 0 Å². The molecule has 1 aromatic heterocycles. The third kappa shape index (κ3) is 8.87. The third-order valence-electron chi connectivity index (χ3n) is 17.2. The van der Waals surface area contributed by atoms with Gasteiger partial charge in [0.05, 0.1) is 30.3 Å². The minimum Gasteiger partial charge on any atom is -0.496 e. The number of rotatable bonds is 18. The van der Waals surface area contributed by atoms with Crippen LogP contribution in [0.15, 0.2) is 48.6 Å². The summed E-state index contributed by atoms with van der Waals surface area (Å²) in [5.74, 6) is 2.03. The number of hydrogen-bond donors (Lipinski definition) is 6. The number of Topliss-reactive ketones (excluding diaryl/α,β-unsaturated/α-hetero) is 1. The van der Waals surface area contributed by atoms with Gasteiger partial charge in [0.1, 0.15) is 37.0 Å². The fourth-order valence-electron chi connectivity index (χ4n) is 14.2. The highest BCUT2D eigenvalue weighted by Crippen LogP contribution is 2.67. The lowest BCUT2D eigenvalue weighted by Crippen LogP contribution is -2.80. The second kappa shape index (κ2) is 20.1. The topological polar surface area (TPSA) is 198 Å². The Labute approximate surface area is 425 Å².